The number of benzene rings is 1. The Hall–Kier alpha value is -2.00. The molecule has 2 rings (SSSR count). The van der Waals surface area contributed by atoms with Crippen molar-refractivity contribution >= 4 is 55.1 Å². The lowest BCUT2D eigenvalue weighted by Gasteiger charge is -2.05. The molecule has 0 atom stereocenters. The van der Waals surface area contributed by atoms with E-state index >= 15 is 0 Å². The van der Waals surface area contributed by atoms with E-state index in [0.717, 1.165) is 4.47 Å². The number of carbonyl (C=O) groups is 1. The van der Waals surface area contributed by atoms with Gasteiger partial charge < -0.3 is 5.32 Å². The van der Waals surface area contributed by atoms with Gasteiger partial charge in [0.15, 0.2) is 16.6 Å². The molecule has 0 fully saturated rings. The van der Waals surface area contributed by atoms with E-state index in [9.17, 15) is 18.4 Å². The Morgan fingerprint density at radius 2 is 2.18 bits per heavy atom. The summed E-state index contributed by atoms with van der Waals surface area (Å²) in [6, 6.07) is 7.12. The van der Waals surface area contributed by atoms with Crippen molar-refractivity contribution in [2.24, 2.45) is 10.1 Å². The number of rotatable bonds is 9. The second-order valence-electron chi connectivity index (χ2n) is 5.33. The maximum absolute atomic E-state index is 11.4. The number of halogens is 1. The predicted octanol–water partition coefficient (Wildman–Crippen LogP) is 0.776. The largest absolute Gasteiger partial charge is 0.355 e. The van der Waals surface area contributed by atoms with Crippen LogP contribution >= 0.6 is 27.7 Å². The second kappa shape index (κ2) is 10.5. The maximum atomic E-state index is 11.4. The zero-order valence-corrected chi connectivity index (χ0v) is 17.6. The van der Waals surface area contributed by atoms with E-state index < -0.39 is 21.7 Å². The molecule has 5 N–H and O–H groups in total. The fourth-order valence-electron chi connectivity index (χ4n) is 1.93. The van der Waals surface area contributed by atoms with Crippen LogP contribution in [0.2, 0.25) is 0 Å². The molecule has 0 aliphatic carbocycles. The van der Waals surface area contributed by atoms with Gasteiger partial charge in [0, 0.05) is 16.8 Å². The number of primary sulfonamides is 1. The topological polar surface area (TPSA) is 173 Å². The van der Waals surface area contributed by atoms with Gasteiger partial charge >= 0.3 is 0 Å². The number of nitrogens with one attached hydrogen (secondary N) is 2. The van der Waals surface area contributed by atoms with Crippen LogP contribution in [0.25, 0.3) is 0 Å². The second-order valence-corrected chi connectivity index (χ2v) is 8.94. The fourth-order valence-corrected chi connectivity index (χ4v) is 3.62. The highest BCUT2D eigenvalue weighted by Gasteiger charge is 2.17. The van der Waals surface area contributed by atoms with Gasteiger partial charge in [-0.1, -0.05) is 22.0 Å². The lowest BCUT2D eigenvalue weighted by molar-refractivity contribution is -0.118. The first-order valence-corrected chi connectivity index (χ1v) is 11.2. The van der Waals surface area contributed by atoms with Crippen molar-refractivity contribution in [2.75, 3.05) is 18.1 Å². The summed E-state index contributed by atoms with van der Waals surface area (Å²) in [4.78, 5) is 15.6. The van der Waals surface area contributed by atoms with Gasteiger partial charge in [-0.3, -0.25) is 15.5 Å². The number of hydrogen-bond donors (Lipinski definition) is 4. The predicted molar refractivity (Wildman–Crippen MR) is 106 cm³/mol. The minimum absolute atomic E-state index is 0.0586. The first kappa shape index (κ1) is 22.3. The smallest absolute Gasteiger partial charge is 0.236 e. The van der Waals surface area contributed by atoms with Crippen molar-refractivity contribution in [3.63, 3.8) is 0 Å². The molecule has 1 aromatic carbocycles. The van der Waals surface area contributed by atoms with E-state index in [1.54, 1.807) is 18.2 Å². The monoisotopic (exact) mass is 492 g/mol. The summed E-state index contributed by atoms with van der Waals surface area (Å²) in [6.45, 7) is 0.263. The van der Waals surface area contributed by atoms with E-state index in [1.807, 2.05) is 11.5 Å². The Kier molecular flexibility index (Phi) is 8.37. The molecule has 0 spiro atoms. The summed E-state index contributed by atoms with van der Waals surface area (Å²) in [6.07, 6.45) is 0.526. The molecule has 0 saturated heterocycles. The molecule has 1 aromatic heterocycles. The number of nitrogens with two attached hydrogens (primary N) is 1. The van der Waals surface area contributed by atoms with Gasteiger partial charge in [0.25, 0.3) is 0 Å². The number of thioether (sulfide) groups is 1. The number of carbonyl (C=O) groups excluding carboxylic acids is 1. The third-order valence-electron chi connectivity index (χ3n) is 3.05. The van der Waals surface area contributed by atoms with Crippen LogP contribution < -0.4 is 15.9 Å². The molecule has 0 bridgehead atoms. The van der Waals surface area contributed by atoms with Crippen LogP contribution in [0.5, 0.6) is 0 Å². The lowest BCUT2D eigenvalue weighted by atomic mass is 10.3. The fraction of sp³-hybridized carbons (Fsp3) is 0.286. The van der Waals surface area contributed by atoms with Crippen molar-refractivity contribution in [1.29, 1.82) is 0 Å². The molecule has 152 valence electrons. The number of amides is 1. The molecular formula is C14H17BrN6O5S2. The zero-order chi connectivity index (χ0) is 20.6. The first-order chi connectivity index (χ1) is 13.3. The van der Waals surface area contributed by atoms with Crippen molar-refractivity contribution in [3.05, 3.63) is 34.4 Å². The molecule has 0 aliphatic heterocycles. The SMILES string of the molecule is NS(=O)(=O)CC(=O)NCCCSc1nonc1C(=Nc1cccc(Br)c1)NO. The summed E-state index contributed by atoms with van der Waals surface area (Å²) in [5.74, 6) is -0.839. The molecule has 2 aromatic rings. The Bertz CT molecular complexity index is 949. The number of amidine groups is 1. The minimum Gasteiger partial charge on any atom is -0.355 e. The average molecular weight is 493 g/mol. The van der Waals surface area contributed by atoms with Gasteiger partial charge in [-0.05, 0) is 34.9 Å². The molecular weight excluding hydrogens is 476 g/mol. The first-order valence-electron chi connectivity index (χ1n) is 7.76. The minimum atomic E-state index is -3.84. The molecule has 1 heterocycles. The molecule has 0 saturated carbocycles. The molecule has 0 unspecified atom stereocenters. The summed E-state index contributed by atoms with van der Waals surface area (Å²) in [5.41, 5.74) is 2.78. The summed E-state index contributed by atoms with van der Waals surface area (Å²) < 4.78 is 27.2. The van der Waals surface area contributed by atoms with E-state index in [4.69, 9.17) is 9.77 Å². The van der Waals surface area contributed by atoms with Crippen LogP contribution in [0.3, 0.4) is 0 Å². The van der Waals surface area contributed by atoms with Crippen LogP contribution in [0.4, 0.5) is 5.69 Å². The summed E-state index contributed by atoms with van der Waals surface area (Å²) >= 11 is 4.61. The number of aliphatic imine (C=N–C) groups is 1. The highest BCUT2D eigenvalue weighted by atomic mass is 79.9. The quantitative estimate of drug-likeness (QED) is 0.129. The number of hydrogen-bond acceptors (Lipinski definition) is 9. The zero-order valence-electron chi connectivity index (χ0n) is 14.3. The highest BCUT2D eigenvalue weighted by molar-refractivity contribution is 9.10. The Labute approximate surface area is 173 Å². The molecule has 1 amide bonds. The molecule has 11 nitrogen and oxygen atoms in total. The van der Waals surface area contributed by atoms with Crippen molar-refractivity contribution < 1.29 is 23.0 Å². The van der Waals surface area contributed by atoms with Crippen LogP contribution in [-0.2, 0) is 14.8 Å². The van der Waals surface area contributed by atoms with Gasteiger partial charge in [-0.2, -0.15) is 0 Å². The normalized spacial score (nSPS) is 12.0. The maximum Gasteiger partial charge on any atom is 0.236 e. The van der Waals surface area contributed by atoms with Gasteiger partial charge in [0.2, 0.25) is 15.9 Å². The van der Waals surface area contributed by atoms with E-state index in [1.165, 1.54) is 11.8 Å². The third-order valence-corrected chi connectivity index (χ3v) is 5.24. The molecule has 14 heteroatoms. The van der Waals surface area contributed by atoms with Crippen molar-refractivity contribution in [1.82, 2.24) is 21.1 Å². The summed E-state index contributed by atoms with van der Waals surface area (Å²) in [5, 5.41) is 24.6. The Morgan fingerprint density at radius 3 is 2.86 bits per heavy atom. The lowest BCUT2D eigenvalue weighted by Crippen LogP contribution is -2.33. The third kappa shape index (κ3) is 7.55. The van der Waals surface area contributed by atoms with Crippen LogP contribution in [0.15, 0.2) is 43.4 Å². The van der Waals surface area contributed by atoms with Crippen LogP contribution in [0, 0.1) is 0 Å². The molecule has 0 aliphatic rings. The number of hydroxylamine groups is 1. The number of nitrogens with zero attached hydrogens (tertiary/aromatic N) is 3. The highest BCUT2D eigenvalue weighted by Crippen LogP contribution is 2.23. The van der Waals surface area contributed by atoms with Gasteiger partial charge in [-0.15, -0.1) is 11.8 Å². The van der Waals surface area contributed by atoms with E-state index in [2.05, 4.69) is 36.6 Å². The molecule has 0 radical (unpaired) electrons. The Balaban J connectivity index is 1.91. The number of sulfonamides is 1. The van der Waals surface area contributed by atoms with E-state index in [-0.39, 0.29) is 18.1 Å². The van der Waals surface area contributed by atoms with Gasteiger partial charge in [0.1, 0.15) is 5.75 Å². The van der Waals surface area contributed by atoms with Gasteiger partial charge in [0.05, 0.1) is 5.69 Å². The standard InChI is InChI=1S/C14H17BrN6O5S2/c15-9-3-1-4-10(7-9)18-13(19-23)12-14(21-26-20-12)27-6-2-5-17-11(22)8-28(16,24)25/h1,3-4,7,23H,2,5-6,8H2,(H,17,22)(H,18,19)(H2,16,24,25). The molecule has 28 heavy (non-hydrogen) atoms. The van der Waals surface area contributed by atoms with Crippen molar-refractivity contribution in [2.45, 2.75) is 11.4 Å². The summed E-state index contributed by atoms with van der Waals surface area (Å²) in [7, 11) is -3.84. The van der Waals surface area contributed by atoms with Gasteiger partial charge in [-0.25, -0.2) is 23.2 Å². The number of aromatic nitrogens is 2. The Morgan fingerprint density at radius 1 is 1.39 bits per heavy atom. The average Bonchev–Trinajstić information content (AvgIpc) is 3.06. The van der Waals surface area contributed by atoms with Crippen molar-refractivity contribution in [3.8, 4) is 0 Å². The van der Waals surface area contributed by atoms with E-state index in [0.29, 0.717) is 22.9 Å². The van der Waals surface area contributed by atoms with Crippen LogP contribution in [0.1, 0.15) is 12.1 Å². The van der Waals surface area contributed by atoms with Crippen LogP contribution in [-0.4, -0.2) is 53.7 Å².